The van der Waals surface area contributed by atoms with Crippen LogP contribution in [-0.4, -0.2) is 37.0 Å². The standard InChI is InChI=1S/C10H14N4O2S/c1-5(15)4-7-6(2)11-9-12-10(17-3)13-14(9)8(7)16/h5,15H,4H2,1-3H3,(H,11,12,13). The van der Waals surface area contributed by atoms with E-state index in [9.17, 15) is 9.90 Å². The van der Waals surface area contributed by atoms with E-state index in [1.165, 1.54) is 16.3 Å². The third kappa shape index (κ3) is 2.20. The molecule has 0 aliphatic heterocycles. The van der Waals surface area contributed by atoms with Crippen LogP contribution < -0.4 is 5.56 Å². The minimum absolute atomic E-state index is 0.193. The van der Waals surface area contributed by atoms with Crippen molar-refractivity contribution in [2.75, 3.05) is 6.26 Å². The normalized spacial score (nSPS) is 13.2. The van der Waals surface area contributed by atoms with Crippen molar-refractivity contribution in [1.29, 1.82) is 0 Å². The number of aromatic nitrogens is 4. The Hall–Kier alpha value is -1.34. The van der Waals surface area contributed by atoms with Gasteiger partial charge in [0.05, 0.1) is 11.8 Å². The quantitative estimate of drug-likeness (QED) is 0.773. The number of fused-ring (bicyclic) bond motifs is 1. The van der Waals surface area contributed by atoms with Gasteiger partial charge in [0, 0.05) is 12.0 Å². The molecule has 17 heavy (non-hydrogen) atoms. The van der Waals surface area contributed by atoms with Crippen LogP contribution >= 0.6 is 11.8 Å². The van der Waals surface area contributed by atoms with Crippen molar-refractivity contribution in [2.45, 2.75) is 31.5 Å². The fourth-order valence-electron chi connectivity index (χ4n) is 1.66. The lowest BCUT2D eigenvalue weighted by molar-refractivity contribution is 0.194. The maximum absolute atomic E-state index is 12.1. The Kier molecular flexibility index (Phi) is 3.21. The number of nitrogens with one attached hydrogen (secondary N) is 1. The average Bonchev–Trinajstić information content (AvgIpc) is 2.67. The first-order chi connectivity index (χ1) is 8.02. The summed E-state index contributed by atoms with van der Waals surface area (Å²) in [5.74, 6) is 0.367. The molecule has 2 N–H and O–H groups in total. The number of hydrogen-bond donors (Lipinski definition) is 2. The lowest BCUT2D eigenvalue weighted by Crippen LogP contribution is -2.24. The fraction of sp³-hybridized carbons (Fsp3) is 0.500. The number of H-pyrrole nitrogens is 1. The van der Waals surface area contributed by atoms with E-state index in [0.717, 1.165) is 0 Å². The van der Waals surface area contributed by atoms with E-state index < -0.39 is 6.10 Å². The minimum Gasteiger partial charge on any atom is -0.393 e. The summed E-state index contributed by atoms with van der Waals surface area (Å²) in [7, 11) is 0. The first-order valence-corrected chi connectivity index (χ1v) is 6.45. The van der Waals surface area contributed by atoms with Crippen molar-refractivity contribution in [1.82, 2.24) is 19.6 Å². The fourth-order valence-corrected chi connectivity index (χ4v) is 2.01. The number of rotatable bonds is 3. The van der Waals surface area contributed by atoms with Gasteiger partial charge in [-0.05, 0) is 20.1 Å². The van der Waals surface area contributed by atoms with E-state index in [-0.39, 0.29) is 5.56 Å². The van der Waals surface area contributed by atoms with Crippen molar-refractivity contribution < 1.29 is 5.11 Å². The number of aliphatic hydroxyl groups excluding tert-OH is 1. The molecule has 0 spiro atoms. The van der Waals surface area contributed by atoms with Crippen LogP contribution in [0.25, 0.3) is 5.78 Å². The Balaban J connectivity index is 2.66. The monoisotopic (exact) mass is 254 g/mol. The maximum Gasteiger partial charge on any atom is 0.277 e. The van der Waals surface area contributed by atoms with Crippen LogP contribution in [0, 0.1) is 6.92 Å². The van der Waals surface area contributed by atoms with Crippen molar-refractivity contribution in [3.8, 4) is 0 Å². The molecule has 7 heteroatoms. The van der Waals surface area contributed by atoms with Crippen LogP contribution in [0.3, 0.4) is 0 Å². The molecule has 0 saturated heterocycles. The molecule has 0 radical (unpaired) electrons. The van der Waals surface area contributed by atoms with Gasteiger partial charge in [0.2, 0.25) is 0 Å². The van der Waals surface area contributed by atoms with Gasteiger partial charge in [-0.2, -0.15) is 9.50 Å². The molecular formula is C10H14N4O2S. The van der Waals surface area contributed by atoms with Gasteiger partial charge in [-0.1, -0.05) is 11.8 Å². The zero-order valence-electron chi connectivity index (χ0n) is 9.89. The molecule has 0 bridgehead atoms. The first kappa shape index (κ1) is 12.1. The summed E-state index contributed by atoms with van der Waals surface area (Å²) in [6, 6.07) is 0. The summed E-state index contributed by atoms with van der Waals surface area (Å²) in [4.78, 5) is 20.6. The number of hydrogen-bond acceptors (Lipinski definition) is 5. The topological polar surface area (TPSA) is 83.3 Å². The minimum atomic E-state index is -0.566. The molecule has 2 aromatic heterocycles. The highest BCUT2D eigenvalue weighted by Gasteiger charge is 2.14. The van der Waals surface area contributed by atoms with E-state index in [0.29, 0.717) is 28.6 Å². The predicted octanol–water partition coefficient (Wildman–Crippen LogP) is 0.371. The molecule has 0 aliphatic rings. The second-order valence-electron chi connectivity index (χ2n) is 3.90. The lowest BCUT2D eigenvalue weighted by atomic mass is 10.1. The van der Waals surface area contributed by atoms with Gasteiger partial charge >= 0.3 is 0 Å². The van der Waals surface area contributed by atoms with E-state index >= 15 is 0 Å². The lowest BCUT2D eigenvalue weighted by Gasteiger charge is -2.06. The van der Waals surface area contributed by atoms with E-state index in [1.807, 2.05) is 6.26 Å². The zero-order chi connectivity index (χ0) is 12.6. The highest BCUT2D eigenvalue weighted by Crippen LogP contribution is 2.10. The Labute approximate surface area is 102 Å². The van der Waals surface area contributed by atoms with Crippen LogP contribution in [0.4, 0.5) is 0 Å². The molecule has 2 aromatic rings. The Morgan fingerprint density at radius 3 is 2.82 bits per heavy atom. The van der Waals surface area contributed by atoms with E-state index in [4.69, 9.17) is 0 Å². The van der Waals surface area contributed by atoms with Gasteiger partial charge in [-0.25, -0.2) is 4.98 Å². The summed E-state index contributed by atoms with van der Waals surface area (Å²) in [6.45, 7) is 3.40. The van der Waals surface area contributed by atoms with Crippen LogP contribution in [0.2, 0.25) is 0 Å². The molecule has 0 amide bonds. The Morgan fingerprint density at radius 2 is 2.24 bits per heavy atom. The summed E-state index contributed by atoms with van der Waals surface area (Å²) in [5, 5.41) is 12.9. The summed E-state index contributed by atoms with van der Waals surface area (Å²) in [5.41, 5.74) is 0.949. The molecule has 0 fully saturated rings. The molecule has 0 aromatic carbocycles. The van der Waals surface area contributed by atoms with Gasteiger partial charge < -0.3 is 5.11 Å². The molecule has 0 saturated carbocycles. The summed E-state index contributed by atoms with van der Waals surface area (Å²) < 4.78 is 1.32. The molecule has 2 heterocycles. The second kappa shape index (κ2) is 4.50. The number of aliphatic hydroxyl groups is 1. The SMILES string of the molecule is CSc1nc2nc(C)c(CC(C)O)c(=O)n2[nH]1. The predicted molar refractivity (Wildman–Crippen MR) is 65.5 cm³/mol. The number of thioether (sulfide) groups is 1. The van der Waals surface area contributed by atoms with E-state index in [1.54, 1.807) is 13.8 Å². The molecular weight excluding hydrogens is 240 g/mol. The highest BCUT2D eigenvalue weighted by molar-refractivity contribution is 7.98. The summed E-state index contributed by atoms with van der Waals surface area (Å²) >= 11 is 1.41. The number of nitrogens with zero attached hydrogens (tertiary/aromatic N) is 3. The van der Waals surface area contributed by atoms with Crippen molar-refractivity contribution >= 4 is 17.5 Å². The van der Waals surface area contributed by atoms with Crippen molar-refractivity contribution in [3.05, 3.63) is 21.6 Å². The van der Waals surface area contributed by atoms with E-state index in [2.05, 4.69) is 15.1 Å². The third-order valence-electron chi connectivity index (χ3n) is 2.47. The summed E-state index contributed by atoms with van der Waals surface area (Å²) in [6.07, 6.45) is 1.60. The Bertz CT molecular complexity index is 602. The van der Waals surface area contributed by atoms with Crippen LogP contribution in [0.1, 0.15) is 18.2 Å². The van der Waals surface area contributed by atoms with Crippen LogP contribution in [-0.2, 0) is 6.42 Å². The van der Waals surface area contributed by atoms with Crippen molar-refractivity contribution in [2.24, 2.45) is 0 Å². The van der Waals surface area contributed by atoms with Crippen molar-refractivity contribution in [3.63, 3.8) is 0 Å². The van der Waals surface area contributed by atoms with Gasteiger partial charge in [0.15, 0.2) is 5.16 Å². The number of aromatic amines is 1. The van der Waals surface area contributed by atoms with Gasteiger partial charge in [0.25, 0.3) is 11.3 Å². The van der Waals surface area contributed by atoms with Gasteiger partial charge in [-0.15, -0.1) is 0 Å². The molecule has 1 atom stereocenters. The van der Waals surface area contributed by atoms with Crippen LogP contribution in [0.5, 0.6) is 0 Å². The third-order valence-corrected chi connectivity index (χ3v) is 3.04. The van der Waals surface area contributed by atoms with Gasteiger partial charge in [-0.3, -0.25) is 9.89 Å². The first-order valence-electron chi connectivity index (χ1n) is 5.23. The van der Waals surface area contributed by atoms with Gasteiger partial charge in [0.1, 0.15) is 0 Å². The molecule has 92 valence electrons. The largest absolute Gasteiger partial charge is 0.393 e. The maximum atomic E-state index is 12.1. The molecule has 1 unspecified atom stereocenters. The molecule has 0 aliphatic carbocycles. The van der Waals surface area contributed by atoms with Crippen LogP contribution in [0.15, 0.2) is 9.95 Å². The Morgan fingerprint density at radius 1 is 1.53 bits per heavy atom. The molecule has 6 nitrogen and oxygen atoms in total. The number of aryl methyl sites for hydroxylation is 1. The smallest absolute Gasteiger partial charge is 0.277 e. The average molecular weight is 254 g/mol. The highest BCUT2D eigenvalue weighted by atomic mass is 32.2. The zero-order valence-corrected chi connectivity index (χ0v) is 10.7. The molecule has 2 rings (SSSR count). The second-order valence-corrected chi connectivity index (χ2v) is 4.70.